The van der Waals surface area contributed by atoms with Gasteiger partial charge in [0.25, 0.3) is 5.91 Å². The van der Waals surface area contributed by atoms with Gasteiger partial charge in [-0.2, -0.15) is 0 Å². The normalized spacial score (nSPS) is 10.1. The van der Waals surface area contributed by atoms with E-state index in [4.69, 9.17) is 0 Å². The van der Waals surface area contributed by atoms with Crippen molar-refractivity contribution in [2.24, 2.45) is 0 Å². The van der Waals surface area contributed by atoms with Crippen molar-refractivity contribution in [1.29, 1.82) is 0 Å². The molecule has 0 aliphatic rings. The number of amides is 1. The lowest BCUT2D eigenvalue weighted by atomic mass is 10.2. The van der Waals surface area contributed by atoms with Gasteiger partial charge >= 0.3 is 0 Å². The number of hydrogen-bond donors (Lipinski definition) is 3. The highest BCUT2D eigenvalue weighted by Gasteiger charge is 2.09. The van der Waals surface area contributed by atoms with E-state index < -0.39 is 0 Å². The molecule has 0 bridgehead atoms. The maximum Gasteiger partial charge on any atom is 0.255 e. The summed E-state index contributed by atoms with van der Waals surface area (Å²) in [6, 6.07) is 19.9. The Kier molecular flexibility index (Phi) is 4.20. The first-order valence-electron chi connectivity index (χ1n) is 7.13. The van der Waals surface area contributed by atoms with Gasteiger partial charge < -0.3 is 15.6 Å². The minimum Gasteiger partial charge on any atom is -0.354 e. The van der Waals surface area contributed by atoms with Gasteiger partial charge in [-0.15, -0.1) is 0 Å². The number of nitrogens with one attached hydrogen (secondary N) is 3. The number of carbonyl (C=O) groups excluding carboxylic acids is 1. The quantitative estimate of drug-likeness (QED) is 0.692. The van der Waals surface area contributed by atoms with Crippen LogP contribution in [0.25, 0.3) is 0 Å². The molecule has 0 aliphatic carbocycles. The summed E-state index contributed by atoms with van der Waals surface area (Å²) in [4.78, 5) is 26.1. The van der Waals surface area contributed by atoms with Crippen molar-refractivity contribution >= 4 is 23.0 Å². The summed E-state index contributed by atoms with van der Waals surface area (Å²) >= 11 is 0. The minimum absolute atomic E-state index is 0.309. The maximum atomic E-state index is 12.3. The van der Waals surface area contributed by atoms with E-state index in [2.05, 4.69) is 15.6 Å². The van der Waals surface area contributed by atoms with Crippen LogP contribution in [0.15, 0.2) is 77.7 Å². The first-order chi connectivity index (χ1) is 11.2. The Bertz CT molecular complexity index is 872. The lowest BCUT2D eigenvalue weighted by molar-refractivity contribution is 0.102. The molecule has 0 atom stereocenters. The van der Waals surface area contributed by atoms with Gasteiger partial charge in [0.2, 0.25) is 5.56 Å². The Morgan fingerprint density at radius 1 is 0.870 bits per heavy atom. The number of rotatable bonds is 4. The zero-order valence-corrected chi connectivity index (χ0v) is 12.2. The predicted octanol–water partition coefficient (Wildman–Crippen LogP) is 3.37. The van der Waals surface area contributed by atoms with Crippen molar-refractivity contribution in [1.82, 2.24) is 4.98 Å². The molecule has 23 heavy (non-hydrogen) atoms. The van der Waals surface area contributed by atoms with Crippen molar-refractivity contribution in [3.63, 3.8) is 0 Å². The maximum absolute atomic E-state index is 12.3. The van der Waals surface area contributed by atoms with Crippen LogP contribution < -0.4 is 16.2 Å². The Balaban J connectivity index is 1.83. The van der Waals surface area contributed by atoms with Crippen molar-refractivity contribution in [2.75, 3.05) is 10.6 Å². The molecule has 5 heteroatoms. The van der Waals surface area contributed by atoms with E-state index in [-0.39, 0.29) is 11.5 Å². The molecular formula is C18H15N3O2. The van der Waals surface area contributed by atoms with E-state index in [9.17, 15) is 9.59 Å². The van der Waals surface area contributed by atoms with Gasteiger partial charge in [0.05, 0.1) is 11.4 Å². The third-order valence-corrected chi connectivity index (χ3v) is 3.27. The SMILES string of the molecule is O=C(Nc1ccccc1Nc1ccccc1)c1cc[nH]c(=O)c1. The highest BCUT2D eigenvalue weighted by molar-refractivity contribution is 6.06. The zero-order chi connectivity index (χ0) is 16.1. The number of aromatic nitrogens is 1. The molecule has 0 saturated heterocycles. The van der Waals surface area contributed by atoms with Crippen LogP contribution in [-0.2, 0) is 0 Å². The number of anilines is 3. The van der Waals surface area contributed by atoms with E-state index in [1.54, 1.807) is 12.1 Å². The Labute approximate surface area is 133 Å². The fraction of sp³-hybridized carbons (Fsp3) is 0. The molecule has 114 valence electrons. The molecule has 3 rings (SSSR count). The van der Waals surface area contributed by atoms with Crippen molar-refractivity contribution < 1.29 is 4.79 Å². The zero-order valence-electron chi connectivity index (χ0n) is 12.2. The van der Waals surface area contributed by atoms with Crippen LogP contribution in [0.4, 0.5) is 17.1 Å². The van der Waals surface area contributed by atoms with Crippen molar-refractivity contribution in [3.8, 4) is 0 Å². The van der Waals surface area contributed by atoms with Crippen molar-refractivity contribution in [2.45, 2.75) is 0 Å². The minimum atomic E-state index is -0.335. The molecule has 0 spiro atoms. The van der Waals surface area contributed by atoms with E-state index in [0.717, 1.165) is 11.4 Å². The molecule has 0 aliphatic heterocycles. The summed E-state index contributed by atoms with van der Waals surface area (Å²) in [5.74, 6) is -0.335. The van der Waals surface area contributed by atoms with Gasteiger partial charge in [-0.1, -0.05) is 30.3 Å². The van der Waals surface area contributed by atoms with Gasteiger partial charge in [0.15, 0.2) is 0 Å². The molecule has 1 aromatic heterocycles. The highest BCUT2D eigenvalue weighted by atomic mass is 16.2. The Hall–Kier alpha value is -3.34. The summed E-state index contributed by atoms with van der Waals surface area (Å²) in [5, 5.41) is 6.08. The number of benzene rings is 2. The number of H-pyrrole nitrogens is 1. The molecule has 1 heterocycles. The fourth-order valence-corrected chi connectivity index (χ4v) is 2.16. The van der Waals surface area contributed by atoms with E-state index in [1.807, 2.05) is 48.5 Å². The van der Waals surface area contributed by atoms with Crippen molar-refractivity contribution in [3.05, 3.63) is 88.8 Å². The number of pyridine rings is 1. The second kappa shape index (κ2) is 6.62. The average molecular weight is 305 g/mol. The second-order valence-electron chi connectivity index (χ2n) is 4.93. The standard InChI is InChI=1S/C18H15N3O2/c22-17-12-13(10-11-19-17)18(23)21-16-9-5-4-8-15(16)20-14-6-2-1-3-7-14/h1-12,20H,(H,19,22)(H,21,23). The Morgan fingerprint density at radius 3 is 2.30 bits per heavy atom. The molecule has 0 radical (unpaired) electrons. The van der Waals surface area contributed by atoms with Crippen LogP contribution >= 0.6 is 0 Å². The molecular weight excluding hydrogens is 290 g/mol. The Morgan fingerprint density at radius 2 is 1.57 bits per heavy atom. The van der Waals surface area contributed by atoms with Crippen LogP contribution in [-0.4, -0.2) is 10.9 Å². The molecule has 3 N–H and O–H groups in total. The van der Waals surface area contributed by atoms with Crippen LogP contribution in [0.5, 0.6) is 0 Å². The molecule has 2 aromatic carbocycles. The highest BCUT2D eigenvalue weighted by Crippen LogP contribution is 2.25. The molecule has 3 aromatic rings. The van der Waals surface area contributed by atoms with Gasteiger partial charge in [-0.25, -0.2) is 0 Å². The number of carbonyl (C=O) groups is 1. The lowest BCUT2D eigenvalue weighted by Crippen LogP contribution is -2.16. The van der Waals surface area contributed by atoms with Crippen LogP contribution in [0, 0.1) is 0 Å². The third kappa shape index (κ3) is 3.65. The average Bonchev–Trinajstić information content (AvgIpc) is 2.57. The number of para-hydroxylation sites is 3. The third-order valence-electron chi connectivity index (χ3n) is 3.27. The molecule has 1 amide bonds. The summed E-state index contributed by atoms with van der Waals surface area (Å²) in [6.45, 7) is 0. The van der Waals surface area contributed by atoms with Gasteiger partial charge in [-0.05, 0) is 30.3 Å². The van der Waals surface area contributed by atoms with E-state index in [0.29, 0.717) is 11.3 Å². The summed E-state index contributed by atoms with van der Waals surface area (Å²) in [7, 11) is 0. The number of hydrogen-bond acceptors (Lipinski definition) is 3. The smallest absolute Gasteiger partial charge is 0.255 e. The fourth-order valence-electron chi connectivity index (χ4n) is 2.16. The van der Waals surface area contributed by atoms with Crippen LogP contribution in [0.1, 0.15) is 10.4 Å². The summed E-state index contributed by atoms with van der Waals surface area (Å²) in [5.41, 5.74) is 2.33. The van der Waals surface area contributed by atoms with E-state index in [1.165, 1.54) is 12.3 Å². The van der Waals surface area contributed by atoms with Crippen LogP contribution in [0.2, 0.25) is 0 Å². The number of aromatic amines is 1. The molecule has 5 nitrogen and oxygen atoms in total. The monoisotopic (exact) mass is 305 g/mol. The molecule has 0 saturated carbocycles. The largest absolute Gasteiger partial charge is 0.354 e. The summed E-state index contributed by atoms with van der Waals surface area (Å²) in [6.07, 6.45) is 1.45. The van der Waals surface area contributed by atoms with Gasteiger partial charge in [0, 0.05) is 23.5 Å². The van der Waals surface area contributed by atoms with Crippen LogP contribution in [0.3, 0.4) is 0 Å². The first kappa shape index (κ1) is 14.6. The van der Waals surface area contributed by atoms with Gasteiger partial charge in [0.1, 0.15) is 0 Å². The predicted molar refractivity (Wildman–Crippen MR) is 91.2 cm³/mol. The molecule has 0 unspecified atom stereocenters. The van der Waals surface area contributed by atoms with E-state index >= 15 is 0 Å². The topological polar surface area (TPSA) is 74.0 Å². The first-order valence-corrected chi connectivity index (χ1v) is 7.13. The molecule has 0 fully saturated rings. The summed E-state index contributed by atoms with van der Waals surface area (Å²) < 4.78 is 0. The second-order valence-corrected chi connectivity index (χ2v) is 4.93. The van der Waals surface area contributed by atoms with Gasteiger partial charge in [-0.3, -0.25) is 9.59 Å². The lowest BCUT2D eigenvalue weighted by Gasteiger charge is -2.13.